The van der Waals surface area contributed by atoms with E-state index in [1.807, 2.05) is 19.1 Å². The topological polar surface area (TPSA) is 25.4 Å². The molecule has 0 aromatic carbocycles. The number of piperidine rings is 1. The number of aryl methyl sites for hydroxylation is 1. The number of alkyl halides is 3. The Kier molecular flexibility index (Phi) is 4.29. The van der Waals surface area contributed by atoms with Crippen molar-refractivity contribution in [2.24, 2.45) is 0 Å². The van der Waals surface area contributed by atoms with Crippen LogP contribution in [0, 0.1) is 6.92 Å². The normalized spacial score (nSPS) is 18.5. The molecule has 106 valence electrons. The van der Waals surface area contributed by atoms with E-state index >= 15 is 0 Å². The molecule has 0 saturated carbocycles. The Morgan fingerprint density at radius 1 is 1.37 bits per heavy atom. The summed E-state index contributed by atoms with van der Waals surface area (Å²) >= 11 is 0. The van der Waals surface area contributed by atoms with Crippen LogP contribution in [-0.4, -0.2) is 41.8 Å². The van der Waals surface area contributed by atoms with Gasteiger partial charge in [0.1, 0.15) is 6.10 Å². The van der Waals surface area contributed by atoms with Crippen LogP contribution in [0.5, 0.6) is 5.88 Å². The summed E-state index contributed by atoms with van der Waals surface area (Å²) in [6, 6.07) is 3.71. The molecule has 0 bridgehead atoms. The van der Waals surface area contributed by atoms with Gasteiger partial charge in [0.15, 0.2) is 0 Å². The van der Waals surface area contributed by atoms with Crippen molar-refractivity contribution >= 4 is 0 Å². The zero-order chi connectivity index (χ0) is 13.9. The molecule has 1 saturated heterocycles. The number of hydrogen-bond donors (Lipinski definition) is 0. The molecule has 3 nitrogen and oxygen atoms in total. The second kappa shape index (κ2) is 5.77. The molecule has 1 fully saturated rings. The number of likely N-dealkylation sites (tertiary alicyclic amines) is 1. The fraction of sp³-hybridized carbons (Fsp3) is 0.615. The minimum Gasteiger partial charge on any atom is -0.474 e. The Bertz CT molecular complexity index is 415. The Balaban J connectivity index is 1.80. The van der Waals surface area contributed by atoms with Crippen molar-refractivity contribution in [3.8, 4) is 5.88 Å². The molecule has 0 unspecified atom stereocenters. The monoisotopic (exact) mass is 274 g/mol. The fourth-order valence-electron chi connectivity index (χ4n) is 2.18. The van der Waals surface area contributed by atoms with Gasteiger partial charge in [-0.25, -0.2) is 4.98 Å². The molecule has 1 aromatic rings. The van der Waals surface area contributed by atoms with E-state index in [2.05, 4.69) is 4.98 Å². The summed E-state index contributed by atoms with van der Waals surface area (Å²) in [4.78, 5) is 5.52. The first-order chi connectivity index (χ1) is 8.92. The molecule has 1 aromatic heterocycles. The molecule has 0 aliphatic carbocycles. The summed E-state index contributed by atoms with van der Waals surface area (Å²) in [5.74, 6) is 0.550. The van der Waals surface area contributed by atoms with Crippen molar-refractivity contribution in [1.29, 1.82) is 0 Å². The highest BCUT2D eigenvalue weighted by molar-refractivity contribution is 5.18. The summed E-state index contributed by atoms with van der Waals surface area (Å²) < 4.78 is 42.4. The van der Waals surface area contributed by atoms with Gasteiger partial charge in [0.25, 0.3) is 0 Å². The molecule has 0 N–H and O–H groups in total. The summed E-state index contributed by atoms with van der Waals surface area (Å²) in [5, 5.41) is 0. The van der Waals surface area contributed by atoms with Gasteiger partial charge < -0.3 is 4.74 Å². The van der Waals surface area contributed by atoms with Gasteiger partial charge in [-0.3, -0.25) is 4.90 Å². The van der Waals surface area contributed by atoms with Crippen LogP contribution in [0.1, 0.15) is 18.4 Å². The first-order valence-corrected chi connectivity index (χ1v) is 6.31. The van der Waals surface area contributed by atoms with Crippen molar-refractivity contribution in [2.75, 3.05) is 19.6 Å². The van der Waals surface area contributed by atoms with Crippen LogP contribution in [0.15, 0.2) is 18.3 Å². The zero-order valence-electron chi connectivity index (χ0n) is 10.8. The second-order valence-corrected chi connectivity index (χ2v) is 4.88. The van der Waals surface area contributed by atoms with Crippen LogP contribution < -0.4 is 4.74 Å². The van der Waals surface area contributed by atoms with Gasteiger partial charge in [-0.15, -0.1) is 0 Å². The lowest BCUT2D eigenvalue weighted by Crippen LogP contribution is -2.42. The van der Waals surface area contributed by atoms with Gasteiger partial charge in [0.05, 0.1) is 6.54 Å². The highest BCUT2D eigenvalue weighted by atomic mass is 19.4. The summed E-state index contributed by atoms with van der Waals surface area (Å²) in [6.07, 6.45) is -1.29. The molecule has 0 spiro atoms. The third kappa shape index (κ3) is 4.70. The van der Waals surface area contributed by atoms with E-state index < -0.39 is 12.7 Å². The fourth-order valence-corrected chi connectivity index (χ4v) is 2.18. The van der Waals surface area contributed by atoms with Gasteiger partial charge >= 0.3 is 6.18 Å². The van der Waals surface area contributed by atoms with Gasteiger partial charge in [0.2, 0.25) is 5.88 Å². The highest BCUT2D eigenvalue weighted by Crippen LogP contribution is 2.22. The summed E-state index contributed by atoms with van der Waals surface area (Å²) in [6.45, 7) is 1.94. The number of rotatable bonds is 3. The molecule has 1 aliphatic rings. The maximum atomic E-state index is 12.2. The van der Waals surface area contributed by atoms with Crippen LogP contribution in [0.25, 0.3) is 0 Å². The minimum atomic E-state index is -4.12. The standard InChI is InChI=1S/C13H17F3N2O/c1-10-2-5-17-12(8-10)19-11-3-6-18(7-4-11)9-13(14,15)16/h2,5,8,11H,3-4,6-7,9H2,1H3. The Morgan fingerprint density at radius 3 is 2.63 bits per heavy atom. The predicted octanol–water partition coefficient (Wildman–Crippen LogP) is 2.80. The molecule has 0 amide bonds. The first-order valence-electron chi connectivity index (χ1n) is 6.31. The molecule has 0 radical (unpaired) electrons. The van der Waals surface area contributed by atoms with E-state index in [1.54, 1.807) is 6.20 Å². The largest absolute Gasteiger partial charge is 0.474 e. The van der Waals surface area contributed by atoms with E-state index in [1.165, 1.54) is 4.90 Å². The predicted molar refractivity (Wildman–Crippen MR) is 65.1 cm³/mol. The van der Waals surface area contributed by atoms with Gasteiger partial charge in [-0.05, 0) is 31.4 Å². The van der Waals surface area contributed by atoms with E-state index in [9.17, 15) is 13.2 Å². The second-order valence-electron chi connectivity index (χ2n) is 4.88. The SMILES string of the molecule is Cc1ccnc(OC2CCN(CC(F)(F)F)CC2)c1. The Morgan fingerprint density at radius 2 is 2.05 bits per heavy atom. The molecular weight excluding hydrogens is 257 g/mol. The number of ether oxygens (including phenoxy) is 1. The van der Waals surface area contributed by atoms with Crippen LogP contribution >= 0.6 is 0 Å². The van der Waals surface area contributed by atoms with Crippen LogP contribution in [0.2, 0.25) is 0 Å². The summed E-state index contributed by atoms with van der Waals surface area (Å²) in [7, 11) is 0. The van der Waals surface area contributed by atoms with Crippen molar-refractivity contribution in [3.05, 3.63) is 23.9 Å². The number of hydrogen-bond acceptors (Lipinski definition) is 3. The lowest BCUT2D eigenvalue weighted by molar-refractivity contribution is -0.149. The molecule has 2 rings (SSSR count). The summed E-state index contributed by atoms with van der Waals surface area (Å²) in [5.41, 5.74) is 1.06. The van der Waals surface area contributed by atoms with Crippen LogP contribution in [0.4, 0.5) is 13.2 Å². The number of aromatic nitrogens is 1. The quantitative estimate of drug-likeness (QED) is 0.847. The number of nitrogens with zero attached hydrogens (tertiary/aromatic N) is 2. The smallest absolute Gasteiger partial charge is 0.401 e. The number of halogens is 3. The Labute approximate surface area is 110 Å². The average molecular weight is 274 g/mol. The van der Waals surface area contributed by atoms with Crippen molar-refractivity contribution in [1.82, 2.24) is 9.88 Å². The van der Waals surface area contributed by atoms with Crippen molar-refractivity contribution in [2.45, 2.75) is 32.0 Å². The molecule has 1 aliphatic heterocycles. The third-order valence-electron chi connectivity index (χ3n) is 3.12. The van der Waals surface area contributed by atoms with E-state index in [4.69, 9.17) is 4.74 Å². The average Bonchev–Trinajstić information content (AvgIpc) is 2.30. The third-order valence-corrected chi connectivity index (χ3v) is 3.12. The van der Waals surface area contributed by atoms with Gasteiger partial charge in [0, 0.05) is 25.4 Å². The highest BCUT2D eigenvalue weighted by Gasteiger charge is 2.32. The maximum absolute atomic E-state index is 12.2. The molecule has 2 heterocycles. The zero-order valence-corrected chi connectivity index (χ0v) is 10.8. The molecular formula is C13H17F3N2O. The lowest BCUT2D eigenvalue weighted by atomic mass is 10.1. The van der Waals surface area contributed by atoms with Crippen LogP contribution in [-0.2, 0) is 0 Å². The van der Waals surface area contributed by atoms with Crippen molar-refractivity contribution < 1.29 is 17.9 Å². The Hall–Kier alpha value is -1.30. The maximum Gasteiger partial charge on any atom is 0.401 e. The molecule has 0 atom stereocenters. The van der Waals surface area contributed by atoms with E-state index in [0.717, 1.165) is 5.56 Å². The van der Waals surface area contributed by atoms with E-state index in [0.29, 0.717) is 31.8 Å². The molecule has 19 heavy (non-hydrogen) atoms. The lowest BCUT2D eigenvalue weighted by Gasteiger charge is -2.32. The minimum absolute atomic E-state index is 0.0428. The number of pyridine rings is 1. The van der Waals surface area contributed by atoms with E-state index in [-0.39, 0.29) is 6.10 Å². The first kappa shape index (κ1) is 14.1. The van der Waals surface area contributed by atoms with Crippen LogP contribution in [0.3, 0.4) is 0 Å². The van der Waals surface area contributed by atoms with Gasteiger partial charge in [-0.2, -0.15) is 13.2 Å². The van der Waals surface area contributed by atoms with Gasteiger partial charge in [-0.1, -0.05) is 0 Å². The van der Waals surface area contributed by atoms with Crippen molar-refractivity contribution in [3.63, 3.8) is 0 Å². The molecule has 6 heteroatoms.